The molecule has 1 nitrogen and oxygen atoms in total. The number of halogens is 2. The Kier molecular flexibility index (Phi) is 5.84. The lowest BCUT2D eigenvalue weighted by Gasteiger charge is -2.19. The van der Waals surface area contributed by atoms with Crippen LogP contribution in [0.25, 0.3) is 0 Å². The van der Waals surface area contributed by atoms with Gasteiger partial charge in [-0.1, -0.05) is 28.9 Å². The summed E-state index contributed by atoms with van der Waals surface area (Å²) in [6, 6.07) is 9.07. The van der Waals surface area contributed by atoms with Gasteiger partial charge in [-0.25, -0.2) is 0 Å². The van der Waals surface area contributed by atoms with Gasteiger partial charge in [0.25, 0.3) is 0 Å². The van der Waals surface area contributed by atoms with Crippen molar-refractivity contribution in [2.45, 2.75) is 33.2 Å². The van der Waals surface area contributed by atoms with E-state index >= 15 is 0 Å². The van der Waals surface area contributed by atoms with Crippen LogP contribution in [-0.2, 0) is 0 Å². The zero-order chi connectivity index (χ0) is 14.7. The number of thiophene rings is 1. The first-order chi connectivity index (χ1) is 9.51. The Hall–Kier alpha value is -0.160. The summed E-state index contributed by atoms with van der Waals surface area (Å²) >= 11 is 9.17. The molecule has 2 rings (SSSR count). The second-order valence-corrected chi connectivity index (χ2v) is 8.08. The first-order valence-corrected chi connectivity index (χ1v) is 9.17. The molecule has 0 aliphatic carbocycles. The molecular formula is C16H19Br2NS. The average molecular weight is 417 g/mol. The summed E-state index contributed by atoms with van der Waals surface area (Å²) in [6.45, 7) is 7.51. The van der Waals surface area contributed by atoms with Crippen molar-refractivity contribution in [1.29, 1.82) is 0 Å². The fourth-order valence-corrected chi connectivity index (χ4v) is 4.89. The number of benzene rings is 1. The van der Waals surface area contributed by atoms with Gasteiger partial charge in [-0.15, -0.1) is 11.3 Å². The molecule has 0 bridgehead atoms. The highest BCUT2D eigenvalue weighted by Gasteiger charge is 2.19. The molecule has 108 valence electrons. The van der Waals surface area contributed by atoms with E-state index in [1.54, 1.807) is 0 Å². The van der Waals surface area contributed by atoms with Crippen LogP contribution in [0.15, 0.2) is 33.2 Å². The number of nitrogens with one attached hydrogen (secondary N) is 1. The molecule has 0 amide bonds. The third kappa shape index (κ3) is 3.94. The molecule has 1 aromatic heterocycles. The summed E-state index contributed by atoms with van der Waals surface area (Å²) in [6.07, 6.45) is 1.13. The molecule has 1 N–H and O–H groups in total. The van der Waals surface area contributed by atoms with Crippen LogP contribution in [0.3, 0.4) is 0 Å². The summed E-state index contributed by atoms with van der Waals surface area (Å²) in [7, 11) is 0. The van der Waals surface area contributed by atoms with Gasteiger partial charge in [-0.3, -0.25) is 0 Å². The summed E-state index contributed by atoms with van der Waals surface area (Å²) in [4.78, 5) is 2.69. The van der Waals surface area contributed by atoms with Crippen LogP contribution in [0.1, 0.15) is 40.3 Å². The van der Waals surface area contributed by atoms with Gasteiger partial charge in [0, 0.05) is 18.7 Å². The number of rotatable bonds is 5. The molecule has 20 heavy (non-hydrogen) atoms. The Morgan fingerprint density at radius 3 is 2.45 bits per heavy atom. The summed E-state index contributed by atoms with van der Waals surface area (Å²) in [5.74, 6) is 0. The van der Waals surface area contributed by atoms with Crippen molar-refractivity contribution >= 4 is 43.2 Å². The third-order valence-electron chi connectivity index (χ3n) is 3.09. The van der Waals surface area contributed by atoms with Crippen LogP contribution in [-0.4, -0.2) is 6.54 Å². The predicted octanol–water partition coefficient (Wildman–Crippen LogP) is 5.98. The Labute approximate surface area is 142 Å². The standard InChI is InChI=1S/C16H19Br2NS/c1-4-5-19-15(16-14(18)8-11(3)20-16)12-6-10(2)7-13(17)9-12/h6-9,15,19H,4-5H2,1-3H3. The quantitative estimate of drug-likeness (QED) is 0.632. The predicted molar refractivity (Wildman–Crippen MR) is 95.8 cm³/mol. The number of hydrogen-bond donors (Lipinski definition) is 1. The Morgan fingerprint density at radius 1 is 1.15 bits per heavy atom. The third-order valence-corrected chi connectivity index (χ3v) is 5.59. The summed E-state index contributed by atoms with van der Waals surface area (Å²) in [5.41, 5.74) is 2.59. The molecule has 0 aliphatic rings. The first-order valence-electron chi connectivity index (χ1n) is 6.77. The van der Waals surface area contributed by atoms with E-state index in [9.17, 15) is 0 Å². The van der Waals surface area contributed by atoms with Crippen molar-refractivity contribution in [3.8, 4) is 0 Å². The van der Waals surface area contributed by atoms with Gasteiger partial charge < -0.3 is 5.32 Å². The van der Waals surface area contributed by atoms with Crippen LogP contribution < -0.4 is 5.32 Å². The molecule has 1 heterocycles. The maximum atomic E-state index is 3.70. The highest BCUT2D eigenvalue weighted by molar-refractivity contribution is 9.10. The van der Waals surface area contributed by atoms with E-state index < -0.39 is 0 Å². The molecule has 1 aromatic carbocycles. The molecule has 1 atom stereocenters. The normalized spacial score (nSPS) is 12.7. The molecule has 4 heteroatoms. The van der Waals surface area contributed by atoms with Crippen LogP contribution >= 0.6 is 43.2 Å². The Morgan fingerprint density at radius 2 is 1.90 bits per heavy atom. The van der Waals surface area contributed by atoms with Crippen molar-refractivity contribution < 1.29 is 0 Å². The van der Waals surface area contributed by atoms with E-state index in [2.05, 4.69) is 82.2 Å². The minimum Gasteiger partial charge on any atom is -0.306 e. The SMILES string of the molecule is CCCNC(c1cc(C)cc(Br)c1)c1sc(C)cc1Br. The van der Waals surface area contributed by atoms with E-state index in [0.717, 1.165) is 17.4 Å². The van der Waals surface area contributed by atoms with Crippen molar-refractivity contribution in [3.63, 3.8) is 0 Å². The van der Waals surface area contributed by atoms with Crippen molar-refractivity contribution in [2.75, 3.05) is 6.54 Å². The summed E-state index contributed by atoms with van der Waals surface area (Å²) < 4.78 is 2.34. The van der Waals surface area contributed by atoms with E-state index in [1.165, 1.54) is 25.4 Å². The average Bonchev–Trinajstić information content (AvgIpc) is 2.68. The van der Waals surface area contributed by atoms with Crippen molar-refractivity contribution in [2.24, 2.45) is 0 Å². The maximum Gasteiger partial charge on any atom is 0.0683 e. The first kappa shape index (κ1) is 16.2. The smallest absolute Gasteiger partial charge is 0.0683 e. The fraction of sp³-hybridized carbons (Fsp3) is 0.375. The monoisotopic (exact) mass is 415 g/mol. The van der Waals surface area contributed by atoms with Gasteiger partial charge in [0.05, 0.1) is 6.04 Å². The largest absolute Gasteiger partial charge is 0.306 e. The zero-order valence-electron chi connectivity index (χ0n) is 12.0. The van der Waals surface area contributed by atoms with Gasteiger partial charge in [0.2, 0.25) is 0 Å². The van der Waals surface area contributed by atoms with Gasteiger partial charge in [-0.2, -0.15) is 0 Å². The highest BCUT2D eigenvalue weighted by Crippen LogP contribution is 2.36. The molecular weight excluding hydrogens is 398 g/mol. The molecule has 0 fully saturated rings. The van der Waals surface area contributed by atoms with Crippen LogP contribution in [0.2, 0.25) is 0 Å². The molecule has 2 aromatic rings. The number of aryl methyl sites for hydroxylation is 2. The lowest BCUT2D eigenvalue weighted by atomic mass is 10.0. The van der Waals surface area contributed by atoms with E-state index in [1.807, 2.05) is 11.3 Å². The van der Waals surface area contributed by atoms with E-state index in [0.29, 0.717) is 0 Å². The van der Waals surface area contributed by atoms with Gasteiger partial charge >= 0.3 is 0 Å². The van der Waals surface area contributed by atoms with E-state index in [-0.39, 0.29) is 6.04 Å². The minimum absolute atomic E-state index is 0.249. The number of hydrogen-bond acceptors (Lipinski definition) is 2. The highest BCUT2D eigenvalue weighted by atomic mass is 79.9. The topological polar surface area (TPSA) is 12.0 Å². The van der Waals surface area contributed by atoms with Crippen molar-refractivity contribution in [1.82, 2.24) is 5.32 Å². The van der Waals surface area contributed by atoms with Gasteiger partial charge in [0.1, 0.15) is 0 Å². The van der Waals surface area contributed by atoms with Crippen LogP contribution in [0.5, 0.6) is 0 Å². The minimum atomic E-state index is 0.249. The van der Waals surface area contributed by atoms with Gasteiger partial charge in [-0.05, 0) is 72.1 Å². The van der Waals surface area contributed by atoms with E-state index in [4.69, 9.17) is 0 Å². The lowest BCUT2D eigenvalue weighted by molar-refractivity contribution is 0.604. The molecule has 0 aliphatic heterocycles. The summed E-state index contributed by atoms with van der Waals surface area (Å²) in [5, 5.41) is 3.67. The lowest BCUT2D eigenvalue weighted by Crippen LogP contribution is -2.22. The van der Waals surface area contributed by atoms with Crippen LogP contribution in [0, 0.1) is 13.8 Å². The van der Waals surface area contributed by atoms with Crippen molar-refractivity contribution in [3.05, 3.63) is 54.1 Å². The Balaban J connectivity index is 2.43. The second-order valence-electron chi connectivity index (χ2n) is 5.02. The van der Waals surface area contributed by atoms with Crippen LogP contribution in [0.4, 0.5) is 0 Å². The molecule has 0 saturated heterocycles. The Bertz CT molecular complexity index is 572. The second kappa shape index (κ2) is 7.21. The molecule has 0 spiro atoms. The molecule has 0 radical (unpaired) electrons. The van der Waals surface area contributed by atoms with Gasteiger partial charge in [0.15, 0.2) is 0 Å². The molecule has 1 unspecified atom stereocenters. The zero-order valence-corrected chi connectivity index (χ0v) is 16.0. The fourth-order valence-electron chi connectivity index (χ4n) is 2.28. The molecule has 0 saturated carbocycles. The maximum absolute atomic E-state index is 3.70.